The fraction of sp³-hybridized carbons (Fsp3) is 0.444. The molecule has 3 rings (SSSR count). The van der Waals surface area contributed by atoms with Crippen molar-refractivity contribution in [3.05, 3.63) is 42.1 Å². The smallest absolute Gasteiger partial charge is 0.274 e. The van der Waals surface area contributed by atoms with Crippen LogP contribution in [0.5, 0.6) is 5.88 Å². The largest absolute Gasteiger partial charge is 0.478 e. The van der Waals surface area contributed by atoms with Gasteiger partial charge in [-0.3, -0.25) is 4.79 Å². The molecule has 1 saturated heterocycles. The van der Waals surface area contributed by atoms with Gasteiger partial charge in [-0.15, -0.1) is 0 Å². The molecule has 0 aliphatic carbocycles. The summed E-state index contributed by atoms with van der Waals surface area (Å²) in [6.07, 6.45) is 0. The number of carbonyl (C=O) groups excluding carboxylic acids is 1. The number of rotatable bonds is 5. The molecular formula is C18H24N4O2. The van der Waals surface area contributed by atoms with Crippen molar-refractivity contribution < 1.29 is 9.53 Å². The van der Waals surface area contributed by atoms with E-state index >= 15 is 0 Å². The van der Waals surface area contributed by atoms with Crippen molar-refractivity contribution in [2.75, 3.05) is 39.3 Å². The molecular weight excluding hydrogens is 304 g/mol. The lowest BCUT2D eigenvalue weighted by molar-refractivity contribution is 0.0637. The lowest BCUT2D eigenvalue weighted by atomic mass is 10.3. The summed E-state index contributed by atoms with van der Waals surface area (Å²) in [5.74, 6) is 0.570. The van der Waals surface area contributed by atoms with E-state index in [1.807, 2.05) is 42.2 Å². The third-order valence-corrected chi connectivity index (χ3v) is 4.30. The first kappa shape index (κ1) is 16.5. The van der Waals surface area contributed by atoms with Gasteiger partial charge >= 0.3 is 0 Å². The number of ether oxygens (including phenoxy) is 1. The molecule has 1 amide bonds. The van der Waals surface area contributed by atoms with Crippen LogP contribution in [-0.2, 0) is 0 Å². The number of aromatic nitrogens is 2. The number of hydrogen-bond acceptors (Lipinski definition) is 4. The summed E-state index contributed by atoms with van der Waals surface area (Å²) in [4.78, 5) is 17.0. The number of likely N-dealkylation sites (N-methyl/N-ethyl adjacent to an activating group) is 1. The number of benzene rings is 1. The highest BCUT2D eigenvalue weighted by atomic mass is 16.5. The van der Waals surface area contributed by atoms with Gasteiger partial charge in [0.25, 0.3) is 5.91 Å². The van der Waals surface area contributed by atoms with Crippen molar-refractivity contribution in [1.29, 1.82) is 0 Å². The van der Waals surface area contributed by atoms with E-state index < -0.39 is 0 Å². The number of piperazine rings is 1. The Kier molecular flexibility index (Phi) is 5.15. The zero-order valence-electron chi connectivity index (χ0n) is 14.3. The number of para-hydroxylation sites is 1. The molecule has 24 heavy (non-hydrogen) atoms. The number of nitrogens with zero attached hydrogens (tertiary/aromatic N) is 4. The van der Waals surface area contributed by atoms with Crippen LogP contribution in [0.1, 0.15) is 24.3 Å². The lowest BCUT2D eigenvalue weighted by Gasteiger charge is -2.33. The zero-order chi connectivity index (χ0) is 16.9. The molecule has 1 aromatic heterocycles. The van der Waals surface area contributed by atoms with Gasteiger partial charge in [0.1, 0.15) is 0 Å². The molecule has 1 aliphatic heterocycles. The first-order valence-corrected chi connectivity index (χ1v) is 8.52. The molecule has 2 aromatic rings. The van der Waals surface area contributed by atoms with E-state index in [9.17, 15) is 4.79 Å². The summed E-state index contributed by atoms with van der Waals surface area (Å²) in [6.45, 7) is 8.95. The van der Waals surface area contributed by atoms with Crippen molar-refractivity contribution in [3.8, 4) is 11.6 Å². The third kappa shape index (κ3) is 3.43. The molecule has 6 heteroatoms. The molecule has 0 bridgehead atoms. The first-order chi connectivity index (χ1) is 11.7. The summed E-state index contributed by atoms with van der Waals surface area (Å²) in [7, 11) is 0. The first-order valence-electron chi connectivity index (χ1n) is 8.52. The molecule has 1 aliphatic rings. The Bertz CT molecular complexity index is 676. The van der Waals surface area contributed by atoms with Gasteiger partial charge < -0.3 is 14.5 Å². The van der Waals surface area contributed by atoms with E-state index in [2.05, 4.69) is 16.9 Å². The molecule has 2 heterocycles. The van der Waals surface area contributed by atoms with Gasteiger partial charge in [0.15, 0.2) is 5.69 Å². The van der Waals surface area contributed by atoms with Gasteiger partial charge in [0.2, 0.25) is 5.88 Å². The number of hydrogen-bond donors (Lipinski definition) is 0. The topological polar surface area (TPSA) is 50.6 Å². The van der Waals surface area contributed by atoms with E-state index in [0.29, 0.717) is 18.2 Å². The minimum atomic E-state index is -0.0265. The van der Waals surface area contributed by atoms with Crippen LogP contribution in [0.2, 0.25) is 0 Å². The molecule has 0 saturated carbocycles. The highest BCUT2D eigenvalue weighted by Crippen LogP contribution is 2.21. The maximum atomic E-state index is 12.8. The number of amides is 1. The van der Waals surface area contributed by atoms with Crippen LogP contribution < -0.4 is 4.74 Å². The van der Waals surface area contributed by atoms with E-state index in [1.165, 1.54) is 0 Å². The Morgan fingerprint density at radius 2 is 1.83 bits per heavy atom. The van der Waals surface area contributed by atoms with E-state index in [0.717, 1.165) is 38.4 Å². The average molecular weight is 328 g/mol. The van der Waals surface area contributed by atoms with E-state index in [4.69, 9.17) is 4.74 Å². The van der Waals surface area contributed by atoms with Gasteiger partial charge in [-0.25, -0.2) is 4.68 Å². The van der Waals surface area contributed by atoms with Crippen molar-refractivity contribution in [2.45, 2.75) is 13.8 Å². The molecule has 0 radical (unpaired) electrons. The minimum absolute atomic E-state index is 0.0265. The van der Waals surface area contributed by atoms with Crippen LogP contribution in [0.15, 0.2) is 36.4 Å². The third-order valence-electron chi connectivity index (χ3n) is 4.30. The van der Waals surface area contributed by atoms with E-state index in [-0.39, 0.29) is 5.91 Å². The Hall–Kier alpha value is -2.34. The van der Waals surface area contributed by atoms with Crippen LogP contribution >= 0.6 is 0 Å². The lowest BCUT2D eigenvalue weighted by Crippen LogP contribution is -2.48. The molecule has 0 spiro atoms. The van der Waals surface area contributed by atoms with Gasteiger partial charge in [-0.1, -0.05) is 25.1 Å². The second kappa shape index (κ2) is 7.49. The Labute approximate surface area is 142 Å². The summed E-state index contributed by atoms with van der Waals surface area (Å²) >= 11 is 0. The predicted molar refractivity (Wildman–Crippen MR) is 92.8 cm³/mol. The van der Waals surface area contributed by atoms with Crippen LogP contribution in [0.3, 0.4) is 0 Å². The molecule has 0 N–H and O–H groups in total. The van der Waals surface area contributed by atoms with Gasteiger partial charge in [0, 0.05) is 32.2 Å². The van der Waals surface area contributed by atoms with Crippen LogP contribution in [0.25, 0.3) is 5.69 Å². The van der Waals surface area contributed by atoms with Crippen LogP contribution in [0.4, 0.5) is 0 Å². The molecule has 128 valence electrons. The molecule has 1 aromatic carbocycles. The predicted octanol–water partition coefficient (Wildman–Crippen LogP) is 2.05. The number of carbonyl (C=O) groups is 1. The maximum absolute atomic E-state index is 12.8. The maximum Gasteiger partial charge on any atom is 0.274 e. The van der Waals surface area contributed by atoms with E-state index in [1.54, 1.807) is 10.7 Å². The normalized spacial score (nSPS) is 15.5. The highest BCUT2D eigenvalue weighted by Gasteiger charge is 2.24. The minimum Gasteiger partial charge on any atom is -0.478 e. The van der Waals surface area contributed by atoms with Crippen molar-refractivity contribution in [3.63, 3.8) is 0 Å². The second-order valence-electron chi connectivity index (χ2n) is 5.77. The summed E-state index contributed by atoms with van der Waals surface area (Å²) in [6, 6.07) is 11.5. The molecule has 0 atom stereocenters. The van der Waals surface area contributed by atoms with Gasteiger partial charge in [-0.05, 0) is 25.6 Å². The van der Waals surface area contributed by atoms with Crippen LogP contribution in [-0.4, -0.2) is 64.8 Å². The Morgan fingerprint density at radius 1 is 1.12 bits per heavy atom. The van der Waals surface area contributed by atoms with Gasteiger partial charge in [0.05, 0.1) is 12.3 Å². The Balaban J connectivity index is 1.82. The van der Waals surface area contributed by atoms with Crippen molar-refractivity contribution in [2.24, 2.45) is 0 Å². The average Bonchev–Trinajstić information content (AvgIpc) is 3.06. The highest BCUT2D eigenvalue weighted by molar-refractivity contribution is 5.92. The SMILES string of the molecule is CCOc1cc(C(=O)N2CCN(CC)CC2)nn1-c1ccccc1. The second-order valence-corrected chi connectivity index (χ2v) is 5.77. The Morgan fingerprint density at radius 3 is 2.46 bits per heavy atom. The standard InChI is InChI=1S/C18H24N4O2/c1-3-20-10-12-21(13-11-20)18(23)16-14-17(24-4-2)22(19-16)15-8-6-5-7-9-15/h5-9,14H,3-4,10-13H2,1-2H3. The zero-order valence-corrected chi connectivity index (χ0v) is 14.3. The quantitative estimate of drug-likeness (QED) is 0.843. The summed E-state index contributed by atoms with van der Waals surface area (Å²) in [5.41, 5.74) is 1.32. The van der Waals surface area contributed by atoms with Gasteiger partial charge in [-0.2, -0.15) is 5.10 Å². The van der Waals surface area contributed by atoms with Crippen molar-refractivity contribution >= 4 is 5.91 Å². The fourth-order valence-corrected chi connectivity index (χ4v) is 2.90. The summed E-state index contributed by atoms with van der Waals surface area (Å²) < 4.78 is 7.36. The molecule has 1 fully saturated rings. The molecule has 6 nitrogen and oxygen atoms in total. The monoisotopic (exact) mass is 328 g/mol. The van der Waals surface area contributed by atoms with Crippen molar-refractivity contribution in [1.82, 2.24) is 19.6 Å². The molecule has 0 unspecified atom stereocenters. The fourth-order valence-electron chi connectivity index (χ4n) is 2.90. The van der Waals surface area contributed by atoms with Crippen LogP contribution in [0, 0.1) is 0 Å². The summed E-state index contributed by atoms with van der Waals surface area (Å²) in [5, 5.41) is 4.50.